The van der Waals surface area contributed by atoms with Gasteiger partial charge in [-0.2, -0.15) is 0 Å². The molecule has 0 aromatic rings. The zero-order chi connectivity index (χ0) is 12.3. The van der Waals surface area contributed by atoms with Crippen molar-refractivity contribution in [3.8, 4) is 0 Å². The topological polar surface area (TPSA) is 15.8 Å². The molecular formula is C13H23NOS2. The molecule has 1 saturated carbocycles. The average Bonchev–Trinajstić information content (AvgIpc) is 3.09. The normalized spacial score (nSPS) is 30.8. The Balaban J connectivity index is 1.60. The predicted molar refractivity (Wildman–Crippen MR) is 78.6 cm³/mol. The molecule has 2 rings (SSSR count). The molecule has 98 valence electrons. The van der Waals surface area contributed by atoms with Crippen molar-refractivity contribution >= 4 is 28.3 Å². The van der Waals surface area contributed by atoms with Crippen LogP contribution in [-0.2, 0) is 4.74 Å². The summed E-state index contributed by atoms with van der Waals surface area (Å²) in [4.78, 5) is 2.26. The van der Waals surface area contributed by atoms with E-state index in [4.69, 9.17) is 17.0 Å². The van der Waals surface area contributed by atoms with E-state index in [-0.39, 0.29) is 0 Å². The standard InChI is InChI=1S/C13H23NOS2/c1-3-14(4-2)13(16)17-8-7-10-5-6-11-12(9-10)15-11/h10-12H,3-9H2,1-2H3. The lowest BCUT2D eigenvalue weighted by Gasteiger charge is -2.22. The summed E-state index contributed by atoms with van der Waals surface area (Å²) in [5.41, 5.74) is 0. The highest BCUT2D eigenvalue weighted by Gasteiger charge is 2.43. The van der Waals surface area contributed by atoms with E-state index in [9.17, 15) is 0 Å². The zero-order valence-corrected chi connectivity index (χ0v) is 12.5. The third-order valence-electron chi connectivity index (χ3n) is 3.89. The fourth-order valence-electron chi connectivity index (χ4n) is 2.63. The van der Waals surface area contributed by atoms with Crippen LogP contribution in [0.15, 0.2) is 0 Å². The first-order valence-corrected chi connectivity index (χ1v) is 8.21. The maximum Gasteiger partial charge on any atom is 0.136 e. The zero-order valence-electron chi connectivity index (χ0n) is 10.9. The number of ether oxygens (including phenoxy) is 1. The molecule has 1 aliphatic heterocycles. The maximum atomic E-state index is 5.57. The Hall–Kier alpha value is 0.200. The van der Waals surface area contributed by atoms with Gasteiger partial charge in [0.1, 0.15) is 4.32 Å². The van der Waals surface area contributed by atoms with E-state index >= 15 is 0 Å². The fraction of sp³-hybridized carbons (Fsp3) is 0.923. The number of thiocarbonyl (C=S) groups is 1. The van der Waals surface area contributed by atoms with Crippen molar-refractivity contribution in [2.45, 2.75) is 51.7 Å². The largest absolute Gasteiger partial charge is 0.370 e. The van der Waals surface area contributed by atoms with Crippen LogP contribution in [-0.4, -0.2) is 40.3 Å². The van der Waals surface area contributed by atoms with Crippen molar-refractivity contribution in [1.29, 1.82) is 0 Å². The summed E-state index contributed by atoms with van der Waals surface area (Å²) in [6.07, 6.45) is 6.51. The van der Waals surface area contributed by atoms with Crippen LogP contribution in [0.3, 0.4) is 0 Å². The SMILES string of the molecule is CCN(CC)C(=S)SCCC1CCC2OC2C1. The monoisotopic (exact) mass is 273 g/mol. The summed E-state index contributed by atoms with van der Waals surface area (Å²) < 4.78 is 6.64. The molecule has 1 heterocycles. The van der Waals surface area contributed by atoms with Gasteiger partial charge in [0, 0.05) is 18.8 Å². The van der Waals surface area contributed by atoms with Gasteiger partial charge in [-0.15, -0.1) is 0 Å². The molecule has 0 amide bonds. The Kier molecular flexibility index (Phi) is 5.12. The smallest absolute Gasteiger partial charge is 0.136 e. The van der Waals surface area contributed by atoms with Gasteiger partial charge in [-0.25, -0.2) is 0 Å². The van der Waals surface area contributed by atoms with Crippen LogP contribution in [0.5, 0.6) is 0 Å². The van der Waals surface area contributed by atoms with Crippen LogP contribution in [0, 0.1) is 5.92 Å². The lowest BCUT2D eigenvalue weighted by atomic mass is 9.88. The van der Waals surface area contributed by atoms with Crippen molar-refractivity contribution in [2.75, 3.05) is 18.8 Å². The van der Waals surface area contributed by atoms with E-state index in [1.54, 1.807) is 0 Å². The molecule has 1 saturated heterocycles. The van der Waals surface area contributed by atoms with E-state index in [0.29, 0.717) is 12.2 Å². The highest BCUT2D eigenvalue weighted by molar-refractivity contribution is 8.22. The van der Waals surface area contributed by atoms with Crippen LogP contribution in [0.4, 0.5) is 0 Å². The number of hydrogen-bond acceptors (Lipinski definition) is 3. The van der Waals surface area contributed by atoms with Gasteiger partial charge in [0.2, 0.25) is 0 Å². The Morgan fingerprint density at radius 2 is 2.06 bits per heavy atom. The highest BCUT2D eigenvalue weighted by Crippen LogP contribution is 2.40. The summed E-state index contributed by atoms with van der Waals surface area (Å²) >= 11 is 7.29. The first-order chi connectivity index (χ1) is 8.24. The minimum Gasteiger partial charge on any atom is -0.370 e. The van der Waals surface area contributed by atoms with Gasteiger partial charge in [-0.1, -0.05) is 24.0 Å². The first kappa shape index (κ1) is 13.6. The van der Waals surface area contributed by atoms with Gasteiger partial charge in [0.25, 0.3) is 0 Å². The number of epoxide rings is 1. The van der Waals surface area contributed by atoms with Crippen LogP contribution in [0.1, 0.15) is 39.5 Å². The molecule has 17 heavy (non-hydrogen) atoms. The second-order valence-electron chi connectivity index (χ2n) is 4.97. The van der Waals surface area contributed by atoms with Gasteiger partial charge in [0.05, 0.1) is 12.2 Å². The molecule has 2 aliphatic rings. The van der Waals surface area contributed by atoms with Crippen LogP contribution in [0.25, 0.3) is 0 Å². The number of thioether (sulfide) groups is 1. The molecule has 0 N–H and O–H groups in total. The third kappa shape index (κ3) is 3.83. The lowest BCUT2D eigenvalue weighted by molar-refractivity contribution is 0.358. The molecular weight excluding hydrogens is 250 g/mol. The predicted octanol–water partition coefficient (Wildman–Crippen LogP) is 3.30. The number of rotatable bonds is 5. The van der Waals surface area contributed by atoms with Crippen LogP contribution < -0.4 is 0 Å². The molecule has 4 heteroatoms. The van der Waals surface area contributed by atoms with Crippen molar-refractivity contribution in [1.82, 2.24) is 4.90 Å². The molecule has 0 bridgehead atoms. The number of fused-ring (bicyclic) bond motifs is 1. The molecule has 2 nitrogen and oxygen atoms in total. The van der Waals surface area contributed by atoms with Crippen molar-refractivity contribution in [3.05, 3.63) is 0 Å². The van der Waals surface area contributed by atoms with E-state index < -0.39 is 0 Å². The molecule has 2 fully saturated rings. The molecule has 0 spiro atoms. The minimum atomic E-state index is 0.619. The van der Waals surface area contributed by atoms with Gasteiger partial charge in [-0.05, 0) is 45.4 Å². The fourth-order valence-corrected chi connectivity index (χ4v) is 4.21. The summed E-state index contributed by atoms with van der Waals surface area (Å²) in [7, 11) is 0. The van der Waals surface area contributed by atoms with Crippen LogP contribution >= 0.6 is 24.0 Å². The third-order valence-corrected chi connectivity index (χ3v) is 5.44. The lowest BCUT2D eigenvalue weighted by Crippen LogP contribution is -2.27. The van der Waals surface area contributed by atoms with Crippen molar-refractivity contribution in [2.24, 2.45) is 5.92 Å². The van der Waals surface area contributed by atoms with Gasteiger partial charge < -0.3 is 9.64 Å². The van der Waals surface area contributed by atoms with Gasteiger partial charge >= 0.3 is 0 Å². The molecule has 1 aliphatic carbocycles. The Bertz CT molecular complexity index is 268. The Labute approximate surface area is 114 Å². The highest BCUT2D eigenvalue weighted by atomic mass is 32.2. The molecule has 0 aromatic carbocycles. The Morgan fingerprint density at radius 3 is 2.71 bits per heavy atom. The summed E-state index contributed by atoms with van der Waals surface area (Å²) in [5, 5.41) is 0. The second-order valence-corrected chi connectivity index (χ2v) is 6.70. The number of hydrogen-bond donors (Lipinski definition) is 0. The van der Waals surface area contributed by atoms with Gasteiger partial charge in [0.15, 0.2) is 0 Å². The Morgan fingerprint density at radius 1 is 1.29 bits per heavy atom. The minimum absolute atomic E-state index is 0.619. The quantitative estimate of drug-likeness (QED) is 0.564. The van der Waals surface area contributed by atoms with E-state index in [0.717, 1.165) is 23.3 Å². The summed E-state index contributed by atoms with van der Waals surface area (Å²) in [5.74, 6) is 2.06. The summed E-state index contributed by atoms with van der Waals surface area (Å²) in [6.45, 7) is 6.40. The molecule has 3 unspecified atom stereocenters. The molecule has 3 atom stereocenters. The van der Waals surface area contributed by atoms with Crippen molar-refractivity contribution in [3.63, 3.8) is 0 Å². The van der Waals surface area contributed by atoms with E-state index in [1.807, 2.05) is 11.8 Å². The van der Waals surface area contributed by atoms with Crippen molar-refractivity contribution < 1.29 is 4.74 Å². The van der Waals surface area contributed by atoms with E-state index in [1.165, 1.54) is 31.4 Å². The summed E-state index contributed by atoms with van der Waals surface area (Å²) in [6, 6.07) is 0. The number of nitrogens with zero attached hydrogens (tertiary/aromatic N) is 1. The maximum absolute atomic E-state index is 5.57. The van der Waals surface area contributed by atoms with E-state index in [2.05, 4.69) is 18.7 Å². The average molecular weight is 273 g/mol. The van der Waals surface area contributed by atoms with Gasteiger partial charge in [-0.3, -0.25) is 0 Å². The second kappa shape index (κ2) is 6.39. The first-order valence-electron chi connectivity index (χ1n) is 6.81. The van der Waals surface area contributed by atoms with Crippen LogP contribution in [0.2, 0.25) is 0 Å². The molecule has 0 radical (unpaired) electrons. The molecule has 0 aromatic heterocycles.